The molecule has 0 saturated heterocycles. The molecule has 0 spiro atoms. The molecule has 0 saturated carbocycles. The largest absolute Gasteiger partial charge is 0.474 e. The van der Waals surface area contributed by atoms with Gasteiger partial charge < -0.3 is 5.32 Å². The Morgan fingerprint density at radius 1 is 1.31 bits per heavy atom. The minimum atomic E-state index is -0.180. The van der Waals surface area contributed by atoms with Crippen LogP contribution < -0.4 is 5.32 Å². The summed E-state index contributed by atoms with van der Waals surface area (Å²) in [6.07, 6.45) is 0.900. The van der Waals surface area contributed by atoms with E-state index in [-0.39, 0.29) is 11.4 Å². The lowest BCUT2D eigenvalue weighted by molar-refractivity contribution is -0.668. The minimum Gasteiger partial charge on any atom is -0.474 e. The van der Waals surface area contributed by atoms with Crippen molar-refractivity contribution < 1.29 is 9.71 Å². The van der Waals surface area contributed by atoms with Gasteiger partial charge in [-0.3, -0.25) is 0 Å². The third-order valence-corrected chi connectivity index (χ3v) is 2.13. The van der Waals surface area contributed by atoms with Crippen LogP contribution in [0.3, 0.4) is 0 Å². The summed E-state index contributed by atoms with van der Waals surface area (Å²) in [5.41, 5.74) is 1.23. The van der Waals surface area contributed by atoms with Gasteiger partial charge in [0.1, 0.15) is 5.82 Å². The molecular weight excluding hydrogens is 165 g/mol. The average molecular weight is 181 g/mol. The molecule has 0 heterocycles. The highest BCUT2D eigenvalue weighted by Crippen LogP contribution is 2.09. The van der Waals surface area contributed by atoms with E-state index in [1.165, 1.54) is 12.1 Å². The first kappa shape index (κ1) is 10.2. The summed E-state index contributed by atoms with van der Waals surface area (Å²) in [6, 6.07) is 6.63. The van der Waals surface area contributed by atoms with E-state index in [0.717, 1.165) is 12.0 Å². The van der Waals surface area contributed by atoms with E-state index >= 15 is 0 Å². The van der Waals surface area contributed by atoms with Crippen molar-refractivity contribution in [3.05, 3.63) is 42.7 Å². The van der Waals surface area contributed by atoms with Gasteiger partial charge in [-0.25, -0.2) is 4.39 Å². The number of rotatable bonds is 3. The van der Waals surface area contributed by atoms with Crippen LogP contribution in [0, 0.1) is 12.9 Å². The Kier molecular flexibility index (Phi) is 3.04. The number of hydrogen-bond acceptors (Lipinski definition) is 0. The first-order valence-corrected chi connectivity index (χ1v) is 4.41. The molecule has 0 aromatic heterocycles. The van der Waals surface area contributed by atoms with Crippen molar-refractivity contribution in [3.8, 4) is 0 Å². The second-order valence-electron chi connectivity index (χ2n) is 4.00. The van der Waals surface area contributed by atoms with E-state index in [1.54, 1.807) is 0 Å². The number of nitrogens with two attached hydrogens (primary N) is 1. The number of hydrogen-bond donors (Lipinski definition) is 1. The van der Waals surface area contributed by atoms with Gasteiger partial charge in [0.15, 0.2) is 0 Å². The summed E-state index contributed by atoms with van der Waals surface area (Å²) in [7, 11) is 3.77. The molecule has 1 rings (SSSR count). The van der Waals surface area contributed by atoms with Crippen molar-refractivity contribution >= 4 is 0 Å². The zero-order valence-corrected chi connectivity index (χ0v) is 8.18. The molecule has 0 bridgehead atoms. The summed E-state index contributed by atoms with van der Waals surface area (Å²) in [5, 5.41) is 1.93. The van der Waals surface area contributed by atoms with Gasteiger partial charge in [-0.2, -0.15) is 7.05 Å². The Labute approximate surface area is 79.0 Å². The third kappa shape index (κ3) is 3.15. The summed E-state index contributed by atoms with van der Waals surface area (Å²) >= 11 is 0. The van der Waals surface area contributed by atoms with Crippen molar-refractivity contribution in [3.63, 3.8) is 0 Å². The zero-order chi connectivity index (χ0) is 9.90. The van der Waals surface area contributed by atoms with E-state index < -0.39 is 0 Å². The molecule has 2 N–H and O–H groups in total. The van der Waals surface area contributed by atoms with Crippen LogP contribution >= 0.6 is 0 Å². The Morgan fingerprint density at radius 2 is 1.85 bits per heavy atom. The third-order valence-electron chi connectivity index (χ3n) is 2.13. The van der Waals surface area contributed by atoms with Gasteiger partial charge >= 0.3 is 0 Å². The lowest BCUT2D eigenvalue weighted by Crippen LogP contribution is -2.90. The Morgan fingerprint density at radius 3 is 2.31 bits per heavy atom. The van der Waals surface area contributed by atoms with Gasteiger partial charge in [0.05, 0.1) is 5.54 Å². The lowest BCUT2D eigenvalue weighted by Gasteiger charge is -2.24. The Hall–Kier alpha value is -0.890. The Balaban J connectivity index is 2.69. The highest BCUT2D eigenvalue weighted by molar-refractivity contribution is 5.17. The van der Waals surface area contributed by atoms with Crippen LogP contribution in [0.4, 0.5) is 4.39 Å². The highest BCUT2D eigenvalue weighted by atomic mass is 19.1. The van der Waals surface area contributed by atoms with Crippen LogP contribution in [0.1, 0.15) is 19.4 Å². The van der Waals surface area contributed by atoms with Gasteiger partial charge in [0, 0.05) is 6.42 Å². The predicted molar refractivity (Wildman–Crippen MR) is 51.5 cm³/mol. The molecule has 0 aliphatic rings. The minimum absolute atomic E-state index is 0.0812. The van der Waals surface area contributed by atoms with E-state index in [9.17, 15) is 4.39 Å². The van der Waals surface area contributed by atoms with E-state index in [2.05, 4.69) is 20.9 Å². The summed E-state index contributed by atoms with van der Waals surface area (Å²) in [4.78, 5) is 0. The number of benzene rings is 1. The maximum Gasteiger partial charge on any atom is 0.123 e. The topological polar surface area (TPSA) is 16.6 Å². The van der Waals surface area contributed by atoms with Crippen LogP contribution in [0.15, 0.2) is 24.3 Å². The van der Waals surface area contributed by atoms with Crippen molar-refractivity contribution in [2.75, 3.05) is 0 Å². The first-order chi connectivity index (χ1) is 6.03. The molecule has 1 aromatic carbocycles. The molecule has 0 aliphatic heterocycles. The quantitative estimate of drug-likeness (QED) is 0.681. The van der Waals surface area contributed by atoms with Crippen LogP contribution in [0.2, 0.25) is 0 Å². The zero-order valence-electron chi connectivity index (χ0n) is 8.18. The second-order valence-corrected chi connectivity index (χ2v) is 4.00. The van der Waals surface area contributed by atoms with Gasteiger partial charge in [0.25, 0.3) is 0 Å². The van der Waals surface area contributed by atoms with Crippen LogP contribution in [-0.4, -0.2) is 5.54 Å². The van der Waals surface area contributed by atoms with Crippen molar-refractivity contribution in [1.82, 2.24) is 0 Å². The molecule has 72 valence electrons. The average Bonchev–Trinajstić information content (AvgIpc) is 2.09. The van der Waals surface area contributed by atoms with Gasteiger partial charge in [-0.05, 0) is 31.5 Å². The lowest BCUT2D eigenvalue weighted by atomic mass is 9.95. The first-order valence-electron chi connectivity index (χ1n) is 4.41. The normalized spacial score (nSPS) is 11.7. The molecule has 0 radical (unpaired) electrons. The summed E-state index contributed by atoms with van der Waals surface area (Å²) in [6.45, 7) is 4.23. The predicted octanol–water partition coefficient (Wildman–Crippen LogP) is 1.50. The van der Waals surface area contributed by atoms with E-state index in [1.807, 2.05) is 17.4 Å². The fraction of sp³-hybridized carbons (Fsp3) is 0.364. The standard InChI is InChI=1S/C11H16FN/c1-11(2,13-3)8-9-4-6-10(12)7-5-9/h4-7H,3,8,13H2,1-2H3. The fourth-order valence-electron chi connectivity index (χ4n) is 1.20. The van der Waals surface area contributed by atoms with Gasteiger partial charge in [0.2, 0.25) is 0 Å². The molecule has 0 aliphatic carbocycles. The van der Waals surface area contributed by atoms with Gasteiger partial charge in [-0.1, -0.05) is 12.1 Å². The smallest absolute Gasteiger partial charge is 0.123 e. The maximum absolute atomic E-state index is 12.6. The van der Waals surface area contributed by atoms with Gasteiger partial charge in [-0.15, -0.1) is 0 Å². The summed E-state index contributed by atoms with van der Waals surface area (Å²) in [5.74, 6) is -0.180. The van der Waals surface area contributed by atoms with Crippen molar-refractivity contribution in [2.45, 2.75) is 25.8 Å². The Bertz CT molecular complexity index is 264. The maximum atomic E-state index is 12.6. The van der Waals surface area contributed by atoms with Crippen LogP contribution in [-0.2, 0) is 6.42 Å². The molecular formula is C11H16FN. The molecule has 13 heavy (non-hydrogen) atoms. The summed E-state index contributed by atoms with van der Waals surface area (Å²) < 4.78 is 12.6. The molecule has 1 aromatic rings. The molecule has 0 amide bonds. The number of quaternary nitrogens is 1. The van der Waals surface area contributed by atoms with Crippen molar-refractivity contribution in [1.29, 1.82) is 0 Å². The fourth-order valence-corrected chi connectivity index (χ4v) is 1.20. The molecule has 0 atom stereocenters. The highest BCUT2D eigenvalue weighted by Gasteiger charge is 2.16. The van der Waals surface area contributed by atoms with Crippen LogP contribution in [0.5, 0.6) is 0 Å². The molecule has 0 fully saturated rings. The molecule has 0 unspecified atom stereocenters. The molecule has 2 heteroatoms. The molecule has 1 nitrogen and oxygen atoms in total. The van der Waals surface area contributed by atoms with Crippen molar-refractivity contribution in [2.24, 2.45) is 0 Å². The van der Waals surface area contributed by atoms with Crippen LogP contribution in [0.25, 0.3) is 0 Å². The monoisotopic (exact) mass is 181 g/mol. The SMILES string of the molecule is [CH2-][NH2+]C(C)(C)Cc1ccc(F)cc1. The second kappa shape index (κ2) is 3.88. The number of halogens is 1. The van der Waals surface area contributed by atoms with E-state index in [0.29, 0.717) is 0 Å². The van der Waals surface area contributed by atoms with E-state index in [4.69, 9.17) is 0 Å².